The van der Waals surface area contributed by atoms with Gasteiger partial charge in [0.15, 0.2) is 0 Å². The summed E-state index contributed by atoms with van der Waals surface area (Å²) >= 11 is 0. The maximum Gasteiger partial charge on any atom is 1.00 e. The van der Waals surface area contributed by atoms with Crippen molar-refractivity contribution in [2.45, 2.75) is 24.7 Å². The average Bonchev–Trinajstić information content (AvgIpc) is 2.56. The number of carboxylic acid groups (broad SMARTS) is 1. The fraction of sp³-hybridized carbons (Fsp3) is 0.278. The minimum absolute atomic E-state index is 0. The molecule has 0 heterocycles. The van der Waals surface area contributed by atoms with Crippen molar-refractivity contribution in [1.29, 1.82) is 0 Å². The van der Waals surface area contributed by atoms with Crippen LogP contribution in [0.25, 0.3) is 5.32 Å². The number of para-hydroxylation sites is 1. The van der Waals surface area contributed by atoms with Crippen LogP contribution in [0.1, 0.15) is 30.1 Å². The first kappa shape index (κ1) is 22.5. The number of ether oxygens (including phenoxy) is 1. The van der Waals surface area contributed by atoms with Crippen molar-refractivity contribution in [1.82, 2.24) is 0 Å². The van der Waals surface area contributed by atoms with Gasteiger partial charge >= 0.3 is 64.2 Å². The van der Waals surface area contributed by atoms with E-state index in [1.54, 1.807) is 12.1 Å². The van der Waals surface area contributed by atoms with Crippen LogP contribution >= 0.6 is 0 Å². The van der Waals surface area contributed by atoms with Crippen molar-refractivity contribution in [2.75, 3.05) is 12.8 Å². The van der Waals surface area contributed by atoms with Gasteiger partial charge in [-0.1, -0.05) is 49.7 Å². The number of nitrogens with zero attached hydrogens (tertiary/aromatic N) is 1. The van der Waals surface area contributed by atoms with Gasteiger partial charge in [0.25, 0.3) is 0 Å². The standard InChI is InChI=1S/C18H20NO4S.Rb/c1-3-4-10-19-15-11-13(18(20)21)12-16(24(2)22)17(15)23-14-8-6-5-7-9-14;/h5-9,11-12H,3-4,10H2,1-2H3,(H,20,21);/q-1;+1. The second-order valence-corrected chi connectivity index (χ2v) is 6.58. The van der Waals surface area contributed by atoms with E-state index in [2.05, 4.69) is 12.2 Å². The normalized spacial score (nSPS) is 11.3. The predicted octanol–water partition coefficient (Wildman–Crippen LogP) is 1.72. The molecule has 0 radical (unpaired) electrons. The van der Waals surface area contributed by atoms with Crippen LogP contribution in [0.2, 0.25) is 0 Å². The zero-order valence-corrected chi connectivity index (χ0v) is 20.4. The van der Waals surface area contributed by atoms with E-state index in [9.17, 15) is 14.1 Å². The molecule has 1 unspecified atom stereocenters. The molecular formula is C18H20NO4RbS. The van der Waals surface area contributed by atoms with Gasteiger partial charge in [-0.05, 0) is 18.2 Å². The third-order valence-electron chi connectivity index (χ3n) is 3.35. The van der Waals surface area contributed by atoms with Gasteiger partial charge < -0.3 is 15.2 Å². The van der Waals surface area contributed by atoms with E-state index in [-0.39, 0.29) is 63.8 Å². The molecule has 0 bridgehead atoms. The van der Waals surface area contributed by atoms with E-state index in [1.165, 1.54) is 18.4 Å². The van der Waals surface area contributed by atoms with Gasteiger partial charge in [-0.2, -0.15) is 0 Å². The molecule has 5 nitrogen and oxygen atoms in total. The SMILES string of the molecule is CCCC[N-]c1cc(C(=O)O)cc(S(C)=O)c1Oc1ccccc1.[Rb+]. The molecule has 0 spiro atoms. The van der Waals surface area contributed by atoms with Crippen molar-refractivity contribution in [3.63, 3.8) is 0 Å². The topological polar surface area (TPSA) is 77.7 Å². The van der Waals surface area contributed by atoms with Crippen LogP contribution in [0.15, 0.2) is 47.4 Å². The summed E-state index contributed by atoms with van der Waals surface area (Å²) in [5.74, 6) is -0.151. The monoisotopic (exact) mass is 431 g/mol. The van der Waals surface area contributed by atoms with Gasteiger partial charge in [0.1, 0.15) is 11.5 Å². The number of hydrogen-bond acceptors (Lipinski definition) is 3. The van der Waals surface area contributed by atoms with Crippen LogP contribution in [0.5, 0.6) is 11.5 Å². The first-order valence-corrected chi connectivity index (χ1v) is 9.24. The summed E-state index contributed by atoms with van der Waals surface area (Å²) in [6, 6.07) is 11.9. The zero-order valence-electron chi connectivity index (χ0n) is 14.7. The Balaban J connectivity index is 0.00000312. The number of unbranched alkanes of at least 4 members (excludes halogenated alkanes) is 1. The summed E-state index contributed by atoms with van der Waals surface area (Å²) in [4.78, 5) is 11.7. The minimum atomic E-state index is -1.41. The molecule has 0 amide bonds. The summed E-state index contributed by atoms with van der Waals surface area (Å²) in [6.45, 7) is 2.61. The average molecular weight is 432 g/mol. The van der Waals surface area contributed by atoms with Gasteiger partial charge in [0.05, 0.1) is 21.3 Å². The second kappa shape index (κ2) is 11.2. The van der Waals surface area contributed by atoms with Gasteiger partial charge in [-0.3, -0.25) is 4.21 Å². The Hall–Kier alpha value is -0.535. The Bertz CT molecular complexity index is 737. The Morgan fingerprint density at radius 3 is 2.48 bits per heavy atom. The molecule has 2 rings (SSSR count). The van der Waals surface area contributed by atoms with Crippen LogP contribution in [-0.2, 0) is 10.8 Å². The van der Waals surface area contributed by atoms with E-state index in [0.29, 0.717) is 28.6 Å². The zero-order chi connectivity index (χ0) is 17.5. The van der Waals surface area contributed by atoms with Crippen molar-refractivity contribution >= 4 is 22.5 Å². The van der Waals surface area contributed by atoms with Crippen LogP contribution in [0.4, 0.5) is 5.69 Å². The molecule has 0 fully saturated rings. The smallest absolute Gasteiger partial charge is 0.681 e. The molecule has 0 saturated heterocycles. The molecule has 2 aromatic carbocycles. The van der Waals surface area contributed by atoms with E-state index >= 15 is 0 Å². The fourth-order valence-electron chi connectivity index (χ4n) is 2.11. The molecule has 0 aliphatic heterocycles. The number of carboxylic acids is 1. The van der Waals surface area contributed by atoms with Gasteiger partial charge in [-0.25, -0.2) is 4.79 Å². The molecule has 1 atom stereocenters. The van der Waals surface area contributed by atoms with E-state index < -0.39 is 16.8 Å². The maximum atomic E-state index is 12.1. The summed E-state index contributed by atoms with van der Waals surface area (Å²) in [5, 5.41) is 13.7. The minimum Gasteiger partial charge on any atom is -0.681 e. The Labute approximate surface area is 199 Å². The van der Waals surface area contributed by atoms with Gasteiger partial charge in [-0.15, -0.1) is 6.54 Å². The quantitative estimate of drug-likeness (QED) is 0.646. The molecule has 0 aromatic heterocycles. The fourth-order valence-corrected chi connectivity index (χ4v) is 2.81. The largest absolute Gasteiger partial charge is 1.00 e. The first-order chi connectivity index (χ1) is 11.5. The summed E-state index contributed by atoms with van der Waals surface area (Å²) in [6.07, 6.45) is 3.35. The molecule has 2 aromatic rings. The van der Waals surface area contributed by atoms with Crippen molar-refractivity contribution < 1.29 is 77.0 Å². The summed E-state index contributed by atoms with van der Waals surface area (Å²) < 4.78 is 18.0. The Morgan fingerprint density at radius 2 is 1.92 bits per heavy atom. The Morgan fingerprint density at radius 1 is 1.24 bits per heavy atom. The third-order valence-corrected chi connectivity index (χ3v) is 4.27. The Kier molecular flexibility index (Phi) is 10.1. The van der Waals surface area contributed by atoms with Gasteiger partial charge in [0.2, 0.25) is 0 Å². The van der Waals surface area contributed by atoms with E-state index in [4.69, 9.17) is 4.74 Å². The van der Waals surface area contributed by atoms with Gasteiger partial charge in [0, 0.05) is 6.26 Å². The summed E-state index contributed by atoms with van der Waals surface area (Å²) in [5.41, 5.74) is 0.466. The molecule has 1 N–H and O–H groups in total. The third kappa shape index (κ3) is 6.60. The number of hydrogen-bond donors (Lipinski definition) is 1. The predicted molar refractivity (Wildman–Crippen MR) is 95.0 cm³/mol. The number of aromatic carboxylic acids is 1. The number of rotatable bonds is 8. The van der Waals surface area contributed by atoms with E-state index in [1.807, 2.05) is 18.2 Å². The molecule has 128 valence electrons. The molecule has 0 saturated carbocycles. The van der Waals surface area contributed by atoms with Crippen LogP contribution in [0, 0.1) is 0 Å². The first-order valence-electron chi connectivity index (χ1n) is 7.68. The maximum absolute atomic E-state index is 12.1. The van der Waals surface area contributed by atoms with Crippen molar-refractivity contribution in [3.8, 4) is 11.5 Å². The molecule has 7 heteroatoms. The number of carbonyl (C=O) groups is 1. The van der Waals surface area contributed by atoms with Crippen molar-refractivity contribution in [2.24, 2.45) is 0 Å². The number of benzene rings is 2. The summed E-state index contributed by atoms with van der Waals surface area (Å²) in [7, 11) is -1.41. The second-order valence-electron chi connectivity index (χ2n) is 5.23. The van der Waals surface area contributed by atoms with E-state index in [0.717, 1.165) is 12.8 Å². The van der Waals surface area contributed by atoms with Crippen molar-refractivity contribution in [3.05, 3.63) is 53.3 Å². The molecule has 0 aliphatic rings. The molecular weight excluding hydrogens is 412 g/mol. The van der Waals surface area contributed by atoms with Crippen LogP contribution < -0.4 is 62.9 Å². The van der Waals surface area contributed by atoms with Crippen LogP contribution in [0.3, 0.4) is 0 Å². The molecule has 25 heavy (non-hydrogen) atoms. The van der Waals surface area contributed by atoms with Crippen LogP contribution in [-0.4, -0.2) is 28.1 Å². The molecule has 0 aliphatic carbocycles.